The summed E-state index contributed by atoms with van der Waals surface area (Å²) < 4.78 is 0. The van der Waals surface area contributed by atoms with Gasteiger partial charge in [0.25, 0.3) is 0 Å². The Morgan fingerprint density at radius 1 is 1.44 bits per heavy atom. The van der Waals surface area contributed by atoms with E-state index in [4.69, 9.17) is 0 Å². The molecule has 1 aliphatic rings. The third-order valence-corrected chi connectivity index (χ3v) is 3.58. The van der Waals surface area contributed by atoms with Gasteiger partial charge in [0, 0.05) is 31.0 Å². The monoisotopic (exact) mass is 291 g/mol. The Bertz CT molecular complexity index is 321. The fourth-order valence-corrected chi connectivity index (χ4v) is 2.43. The van der Waals surface area contributed by atoms with Crippen molar-refractivity contribution in [2.24, 2.45) is 0 Å². The summed E-state index contributed by atoms with van der Waals surface area (Å²) in [5.74, 6) is 0. The average Bonchev–Trinajstić information content (AvgIpc) is 2.39. The largest absolute Gasteiger partial charge is 0.316 e. The van der Waals surface area contributed by atoms with Crippen molar-refractivity contribution < 1.29 is 0 Å². The van der Waals surface area contributed by atoms with E-state index in [1.54, 1.807) is 0 Å². The van der Waals surface area contributed by atoms with E-state index in [0.29, 0.717) is 12.1 Å². The number of rotatable bonds is 3. The van der Waals surface area contributed by atoms with Gasteiger partial charge in [-0.25, -0.2) is 0 Å². The summed E-state index contributed by atoms with van der Waals surface area (Å²) in [6, 6.07) is 5.31. The molecule has 18 heavy (non-hydrogen) atoms. The molecule has 1 aromatic rings. The topological polar surface area (TPSA) is 28.2 Å². The first kappa shape index (κ1) is 17.6. The highest BCUT2D eigenvalue weighted by Crippen LogP contribution is 2.23. The molecule has 2 unspecified atom stereocenters. The molecule has 2 atom stereocenters. The van der Waals surface area contributed by atoms with Crippen LogP contribution in [0.2, 0.25) is 0 Å². The standard InChI is InChI=1S/C13H21N3.2ClH/c1-11(12-5-3-7-15-9-12)16-8-4-6-13(10-16)14-2;;/h3,5,7,9,11,13-14H,4,6,8,10H2,1-2H3;2*1H. The number of hydrogen-bond donors (Lipinski definition) is 1. The van der Waals surface area contributed by atoms with E-state index in [-0.39, 0.29) is 24.8 Å². The lowest BCUT2D eigenvalue weighted by molar-refractivity contribution is 0.149. The Labute approximate surface area is 122 Å². The number of pyridine rings is 1. The molecule has 0 radical (unpaired) electrons. The van der Waals surface area contributed by atoms with E-state index >= 15 is 0 Å². The summed E-state index contributed by atoms with van der Waals surface area (Å²) in [7, 11) is 2.06. The highest BCUT2D eigenvalue weighted by atomic mass is 35.5. The SMILES string of the molecule is CNC1CCCN(C(C)c2cccnc2)C1.Cl.Cl. The van der Waals surface area contributed by atoms with Gasteiger partial charge in [0.2, 0.25) is 0 Å². The van der Waals surface area contributed by atoms with Crippen LogP contribution in [0.5, 0.6) is 0 Å². The number of likely N-dealkylation sites (N-methyl/N-ethyl adjacent to an activating group) is 1. The van der Waals surface area contributed by atoms with Gasteiger partial charge in [0.05, 0.1) is 0 Å². The van der Waals surface area contributed by atoms with Gasteiger partial charge in [-0.15, -0.1) is 24.8 Å². The molecule has 1 fully saturated rings. The minimum Gasteiger partial charge on any atom is -0.316 e. The normalized spacial score (nSPS) is 21.6. The summed E-state index contributed by atoms with van der Waals surface area (Å²) in [4.78, 5) is 6.74. The number of nitrogens with zero attached hydrogens (tertiary/aromatic N) is 2. The number of aromatic nitrogens is 1. The minimum absolute atomic E-state index is 0. The van der Waals surface area contributed by atoms with Crippen molar-refractivity contribution in [1.29, 1.82) is 0 Å². The predicted octanol–water partition coefficient (Wildman–Crippen LogP) is 2.67. The Morgan fingerprint density at radius 2 is 2.22 bits per heavy atom. The summed E-state index contributed by atoms with van der Waals surface area (Å²) in [5.41, 5.74) is 1.32. The molecular formula is C13H23Cl2N3. The quantitative estimate of drug-likeness (QED) is 0.928. The van der Waals surface area contributed by atoms with Crippen LogP contribution in [0.15, 0.2) is 24.5 Å². The van der Waals surface area contributed by atoms with Crippen molar-refractivity contribution in [3.63, 3.8) is 0 Å². The second-order valence-electron chi connectivity index (χ2n) is 4.59. The third kappa shape index (κ3) is 4.39. The van der Waals surface area contributed by atoms with E-state index in [1.807, 2.05) is 18.5 Å². The van der Waals surface area contributed by atoms with Crippen molar-refractivity contribution >= 4 is 24.8 Å². The Balaban J connectivity index is 0.00000144. The van der Waals surface area contributed by atoms with Crippen LogP contribution in [0, 0.1) is 0 Å². The van der Waals surface area contributed by atoms with Crippen molar-refractivity contribution in [2.45, 2.75) is 31.8 Å². The number of piperidine rings is 1. The molecule has 1 aliphatic heterocycles. The fraction of sp³-hybridized carbons (Fsp3) is 0.615. The van der Waals surface area contributed by atoms with Crippen LogP contribution >= 0.6 is 24.8 Å². The smallest absolute Gasteiger partial charge is 0.0335 e. The molecule has 0 spiro atoms. The van der Waals surface area contributed by atoms with Gasteiger partial charge in [-0.1, -0.05) is 6.07 Å². The minimum atomic E-state index is 0. The highest BCUT2D eigenvalue weighted by molar-refractivity contribution is 5.85. The molecule has 2 rings (SSSR count). The van der Waals surface area contributed by atoms with E-state index in [9.17, 15) is 0 Å². The maximum Gasteiger partial charge on any atom is 0.0335 e. The summed E-state index contributed by atoms with van der Waals surface area (Å²) in [6.45, 7) is 4.62. The van der Waals surface area contributed by atoms with Crippen LogP contribution in [0.25, 0.3) is 0 Å². The van der Waals surface area contributed by atoms with Crippen LogP contribution < -0.4 is 5.32 Å². The fourth-order valence-electron chi connectivity index (χ4n) is 2.43. The third-order valence-electron chi connectivity index (χ3n) is 3.58. The predicted molar refractivity (Wildman–Crippen MR) is 80.8 cm³/mol. The van der Waals surface area contributed by atoms with Crippen molar-refractivity contribution in [3.8, 4) is 0 Å². The van der Waals surface area contributed by atoms with Gasteiger partial charge < -0.3 is 5.32 Å². The molecular weight excluding hydrogens is 269 g/mol. The van der Waals surface area contributed by atoms with Crippen LogP contribution in [0.3, 0.4) is 0 Å². The molecule has 0 aliphatic carbocycles. The van der Waals surface area contributed by atoms with Gasteiger partial charge in [0.1, 0.15) is 0 Å². The molecule has 0 aromatic carbocycles. The van der Waals surface area contributed by atoms with Crippen LogP contribution in [0.4, 0.5) is 0 Å². The van der Waals surface area contributed by atoms with E-state index < -0.39 is 0 Å². The van der Waals surface area contributed by atoms with Gasteiger partial charge in [0.15, 0.2) is 0 Å². The first-order chi connectivity index (χ1) is 7.81. The molecule has 104 valence electrons. The number of likely N-dealkylation sites (tertiary alicyclic amines) is 1. The molecule has 5 heteroatoms. The van der Waals surface area contributed by atoms with Gasteiger partial charge in [-0.3, -0.25) is 9.88 Å². The van der Waals surface area contributed by atoms with Crippen LogP contribution in [0.1, 0.15) is 31.4 Å². The zero-order valence-electron chi connectivity index (χ0n) is 11.0. The summed E-state index contributed by atoms with van der Waals surface area (Å²) in [5, 5.41) is 3.38. The highest BCUT2D eigenvalue weighted by Gasteiger charge is 2.23. The maximum absolute atomic E-state index is 4.20. The molecule has 2 heterocycles. The van der Waals surface area contributed by atoms with E-state index in [2.05, 4.69) is 35.2 Å². The van der Waals surface area contributed by atoms with Crippen LogP contribution in [-0.4, -0.2) is 36.1 Å². The van der Waals surface area contributed by atoms with Gasteiger partial charge in [-0.05, 0) is 45.0 Å². The lowest BCUT2D eigenvalue weighted by Crippen LogP contribution is -2.45. The molecule has 0 bridgehead atoms. The number of halogens is 2. The van der Waals surface area contributed by atoms with Crippen molar-refractivity contribution in [2.75, 3.05) is 20.1 Å². The number of hydrogen-bond acceptors (Lipinski definition) is 3. The maximum atomic E-state index is 4.20. The first-order valence-electron chi connectivity index (χ1n) is 6.12. The lowest BCUT2D eigenvalue weighted by Gasteiger charge is -2.36. The van der Waals surface area contributed by atoms with Crippen LogP contribution in [-0.2, 0) is 0 Å². The van der Waals surface area contributed by atoms with Crippen molar-refractivity contribution in [1.82, 2.24) is 15.2 Å². The zero-order valence-corrected chi connectivity index (χ0v) is 12.6. The Hall–Kier alpha value is -0.350. The summed E-state index contributed by atoms with van der Waals surface area (Å²) in [6.07, 6.45) is 6.40. The summed E-state index contributed by atoms with van der Waals surface area (Å²) >= 11 is 0. The lowest BCUT2D eigenvalue weighted by atomic mass is 10.0. The zero-order chi connectivity index (χ0) is 11.4. The van der Waals surface area contributed by atoms with Gasteiger partial charge in [-0.2, -0.15) is 0 Å². The average molecular weight is 292 g/mol. The molecule has 3 nitrogen and oxygen atoms in total. The van der Waals surface area contributed by atoms with E-state index in [1.165, 1.54) is 24.9 Å². The Morgan fingerprint density at radius 3 is 2.83 bits per heavy atom. The van der Waals surface area contributed by atoms with Gasteiger partial charge >= 0.3 is 0 Å². The molecule has 0 amide bonds. The first-order valence-corrected chi connectivity index (χ1v) is 6.12. The molecule has 1 aromatic heterocycles. The molecule has 1 N–H and O–H groups in total. The Kier molecular flexibility index (Phi) is 8.53. The molecule has 0 saturated carbocycles. The van der Waals surface area contributed by atoms with E-state index in [0.717, 1.165) is 6.54 Å². The van der Waals surface area contributed by atoms with Crippen molar-refractivity contribution in [3.05, 3.63) is 30.1 Å². The second kappa shape index (κ2) is 8.70. The molecule has 1 saturated heterocycles. The second-order valence-corrected chi connectivity index (χ2v) is 4.59. The number of nitrogens with one attached hydrogen (secondary N) is 1.